The maximum absolute atomic E-state index is 12.1. The lowest BCUT2D eigenvalue weighted by atomic mass is 10.1. The van der Waals surface area contributed by atoms with E-state index in [1.165, 1.54) is 4.31 Å². The van der Waals surface area contributed by atoms with E-state index < -0.39 is 10.0 Å². The number of nitrogens with zero attached hydrogens (tertiary/aromatic N) is 1. The number of benzene rings is 2. The Morgan fingerprint density at radius 2 is 1.80 bits per heavy atom. The standard InChI is InChI=1S/C18H21ClN2O3S/c1-25(23,24)21(12-10-15-6-3-2-4-7-15)13-11-18(22)20-17-9-5-8-16(19)14-17/h2-9,14H,10-13H2,1H3,(H,20,22). The molecule has 5 nitrogen and oxygen atoms in total. The molecule has 0 aromatic heterocycles. The van der Waals surface area contributed by atoms with Crippen LogP contribution in [0.4, 0.5) is 5.69 Å². The summed E-state index contributed by atoms with van der Waals surface area (Å²) >= 11 is 5.88. The molecule has 0 aliphatic heterocycles. The fraction of sp³-hybridized carbons (Fsp3) is 0.278. The molecular formula is C18H21ClN2O3S. The smallest absolute Gasteiger partial charge is 0.225 e. The maximum Gasteiger partial charge on any atom is 0.225 e. The number of carbonyl (C=O) groups is 1. The summed E-state index contributed by atoms with van der Waals surface area (Å²) in [6, 6.07) is 16.5. The fourth-order valence-electron chi connectivity index (χ4n) is 2.36. The van der Waals surface area contributed by atoms with Crippen molar-refractivity contribution in [3.8, 4) is 0 Å². The first kappa shape index (κ1) is 19.4. The van der Waals surface area contributed by atoms with Crippen LogP contribution in [0.1, 0.15) is 12.0 Å². The Balaban J connectivity index is 1.90. The molecule has 0 unspecified atom stereocenters. The summed E-state index contributed by atoms with van der Waals surface area (Å²) in [5.41, 5.74) is 1.65. The zero-order chi connectivity index (χ0) is 18.3. The van der Waals surface area contributed by atoms with Gasteiger partial charge in [-0.1, -0.05) is 48.0 Å². The van der Waals surface area contributed by atoms with E-state index in [-0.39, 0.29) is 18.9 Å². The average Bonchev–Trinajstić information content (AvgIpc) is 2.54. The van der Waals surface area contributed by atoms with E-state index in [0.717, 1.165) is 11.8 Å². The molecule has 134 valence electrons. The summed E-state index contributed by atoms with van der Waals surface area (Å²) in [7, 11) is -3.38. The van der Waals surface area contributed by atoms with E-state index in [0.29, 0.717) is 23.7 Å². The second kappa shape index (κ2) is 8.99. The highest BCUT2D eigenvalue weighted by atomic mass is 35.5. The summed E-state index contributed by atoms with van der Waals surface area (Å²) in [5, 5.41) is 3.24. The molecule has 25 heavy (non-hydrogen) atoms. The van der Waals surface area contributed by atoms with Gasteiger partial charge in [0.2, 0.25) is 15.9 Å². The third kappa shape index (κ3) is 6.86. The number of hydrogen-bond donors (Lipinski definition) is 1. The molecule has 0 saturated carbocycles. The minimum atomic E-state index is -3.38. The van der Waals surface area contributed by atoms with E-state index in [1.54, 1.807) is 24.3 Å². The van der Waals surface area contributed by atoms with Crippen LogP contribution in [0.25, 0.3) is 0 Å². The van der Waals surface area contributed by atoms with Crippen LogP contribution in [0.5, 0.6) is 0 Å². The molecule has 0 aliphatic carbocycles. The molecule has 0 atom stereocenters. The van der Waals surface area contributed by atoms with Crippen LogP contribution in [0.15, 0.2) is 54.6 Å². The summed E-state index contributed by atoms with van der Waals surface area (Å²) in [6.45, 7) is 0.478. The van der Waals surface area contributed by atoms with E-state index in [2.05, 4.69) is 5.32 Å². The molecule has 7 heteroatoms. The summed E-state index contributed by atoms with van der Waals surface area (Å²) in [6.07, 6.45) is 1.84. The van der Waals surface area contributed by atoms with Gasteiger partial charge in [-0.05, 0) is 30.2 Å². The minimum absolute atomic E-state index is 0.0778. The lowest BCUT2D eigenvalue weighted by Gasteiger charge is -2.19. The van der Waals surface area contributed by atoms with Crippen LogP contribution < -0.4 is 5.32 Å². The molecule has 2 rings (SSSR count). The molecule has 0 fully saturated rings. The zero-order valence-corrected chi connectivity index (χ0v) is 15.6. The van der Waals surface area contributed by atoms with Gasteiger partial charge in [-0.2, -0.15) is 0 Å². The van der Waals surface area contributed by atoms with Crippen molar-refractivity contribution in [2.45, 2.75) is 12.8 Å². The van der Waals surface area contributed by atoms with Crippen molar-refractivity contribution in [2.24, 2.45) is 0 Å². The molecular weight excluding hydrogens is 360 g/mol. The van der Waals surface area contributed by atoms with Gasteiger partial charge < -0.3 is 5.32 Å². The average molecular weight is 381 g/mol. The highest BCUT2D eigenvalue weighted by Gasteiger charge is 2.17. The van der Waals surface area contributed by atoms with Crippen LogP contribution in [0.3, 0.4) is 0 Å². The van der Waals surface area contributed by atoms with Crippen molar-refractivity contribution < 1.29 is 13.2 Å². The number of hydrogen-bond acceptors (Lipinski definition) is 3. The quantitative estimate of drug-likeness (QED) is 0.764. The third-order valence-electron chi connectivity index (χ3n) is 3.66. The van der Waals surface area contributed by atoms with Gasteiger partial charge in [0.1, 0.15) is 0 Å². The second-order valence-corrected chi connectivity index (χ2v) is 8.13. The Kier molecular flexibility index (Phi) is 6.99. The van der Waals surface area contributed by atoms with Crippen molar-refractivity contribution in [2.75, 3.05) is 24.7 Å². The lowest BCUT2D eigenvalue weighted by Crippen LogP contribution is -2.34. The zero-order valence-electron chi connectivity index (χ0n) is 14.0. The van der Waals surface area contributed by atoms with E-state index in [1.807, 2.05) is 30.3 Å². The number of halogens is 1. The molecule has 1 amide bonds. The van der Waals surface area contributed by atoms with Crippen LogP contribution >= 0.6 is 11.6 Å². The second-order valence-electron chi connectivity index (χ2n) is 5.71. The number of rotatable bonds is 8. The normalized spacial score (nSPS) is 11.5. The SMILES string of the molecule is CS(=O)(=O)N(CCC(=O)Nc1cccc(Cl)c1)CCc1ccccc1. The third-order valence-corrected chi connectivity index (χ3v) is 5.20. The maximum atomic E-state index is 12.1. The predicted molar refractivity (Wildman–Crippen MR) is 101 cm³/mol. The molecule has 0 saturated heterocycles. The van der Waals surface area contributed by atoms with E-state index in [4.69, 9.17) is 11.6 Å². The predicted octanol–water partition coefficient (Wildman–Crippen LogP) is 3.17. The Hall–Kier alpha value is -1.89. The summed E-state index contributed by atoms with van der Waals surface area (Å²) < 4.78 is 25.2. The van der Waals surface area contributed by atoms with Crippen LogP contribution in [-0.4, -0.2) is 38.0 Å². The van der Waals surface area contributed by atoms with Gasteiger partial charge in [0.05, 0.1) is 6.26 Å². The number of nitrogens with one attached hydrogen (secondary N) is 1. The van der Waals surface area contributed by atoms with Crippen LogP contribution in [0.2, 0.25) is 5.02 Å². The molecule has 1 N–H and O–H groups in total. The number of carbonyl (C=O) groups excluding carboxylic acids is 1. The first-order valence-corrected chi connectivity index (χ1v) is 10.1. The van der Waals surface area contributed by atoms with Gasteiger partial charge in [0, 0.05) is 30.2 Å². The van der Waals surface area contributed by atoms with Crippen molar-refractivity contribution in [1.29, 1.82) is 0 Å². The molecule has 2 aromatic carbocycles. The molecule has 0 aliphatic rings. The largest absolute Gasteiger partial charge is 0.326 e. The first-order chi connectivity index (χ1) is 11.8. The lowest BCUT2D eigenvalue weighted by molar-refractivity contribution is -0.116. The first-order valence-electron chi connectivity index (χ1n) is 7.89. The molecule has 0 spiro atoms. The van der Waals surface area contributed by atoms with Crippen molar-refractivity contribution in [1.82, 2.24) is 4.31 Å². The Bertz CT molecular complexity index is 810. The van der Waals surface area contributed by atoms with Gasteiger partial charge in [-0.3, -0.25) is 4.79 Å². The van der Waals surface area contributed by atoms with Gasteiger partial charge in [-0.15, -0.1) is 0 Å². The molecule has 2 aromatic rings. The summed E-state index contributed by atoms with van der Waals surface area (Å²) in [5.74, 6) is -0.254. The molecule has 0 bridgehead atoms. The van der Waals surface area contributed by atoms with E-state index >= 15 is 0 Å². The van der Waals surface area contributed by atoms with Gasteiger partial charge in [0.25, 0.3) is 0 Å². The van der Waals surface area contributed by atoms with E-state index in [9.17, 15) is 13.2 Å². The Morgan fingerprint density at radius 1 is 1.08 bits per heavy atom. The molecule has 0 radical (unpaired) electrons. The van der Waals surface area contributed by atoms with Crippen molar-refractivity contribution >= 4 is 33.2 Å². The topological polar surface area (TPSA) is 66.5 Å². The minimum Gasteiger partial charge on any atom is -0.326 e. The van der Waals surface area contributed by atoms with Crippen LogP contribution in [-0.2, 0) is 21.2 Å². The van der Waals surface area contributed by atoms with Gasteiger partial charge >= 0.3 is 0 Å². The highest BCUT2D eigenvalue weighted by Crippen LogP contribution is 2.15. The number of sulfonamides is 1. The van der Waals surface area contributed by atoms with Crippen LogP contribution in [0, 0.1) is 0 Å². The highest BCUT2D eigenvalue weighted by molar-refractivity contribution is 7.88. The monoisotopic (exact) mass is 380 g/mol. The fourth-order valence-corrected chi connectivity index (χ4v) is 3.39. The Labute approximate surface area is 153 Å². The number of amides is 1. The van der Waals surface area contributed by atoms with Crippen molar-refractivity contribution in [3.63, 3.8) is 0 Å². The van der Waals surface area contributed by atoms with Crippen molar-refractivity contribution in [3.05, 3.63) is 65.2 Å². The van der Waals surface area contributed by atoms with Gasteiger partial charge in [0.15, 0.2) is 0 Å². The summed E-state index contributed by atoms with van der Waals surface area (Å²) in [4.78, 5) is 12.1. The molecule has 0 heterocycles. The van der Waals surface area contributed by atoms with Gasteiger partial charge in [-0.25, -0.2) is 12.7 Å². The number of anilines is 1. The Morgan fingerprint density at radius 3 is 2.44 bits per heavy atom.